The van der Waals surface area contributed by atoms with Gasteiger partial charge < -0.3 is 5.32 Å². The van der Waals surface area contributed by atoms with Crippen LogP contribution in [-0.2, 0) is 0 Å². The Morgan fingerprint density at radius 1 is 1.73 bits per heavy atom. The third-order valence-corrected chi connectivity index (χ3v) is 3.79. The number of hydrogen-bond donors (Lipinski definition) is 1. The summed E-state index contributed by atoms with van der Waals surface area (Å²) in [6, 6.07) is 1.81. The highest BCUT2D eigenvalue weighted by Crippen LogP contribution is 2.20. The molecule has 1 rings (SSSR count). The zero-order valence-electron chi connectivity index (χ0n) is 8.43. The Labute approximate surface area is 107 Å². The molecule has 0 aliphatic heterocycles. The van der Waals surface area contributed by atoms with Gasteiger partial charge in [0.05, 0.1) is 14.7 Å². The van der Waals surface area contributed by atoms with Crippen LogP contribution in [0.3, 0.4) is 0 Å². The Hall–Kier alpha value is -0.0600. The van der Waals surface area contributed by atoms with Gasteiger partial charge in [-0.3, -0.25) is 4.79 Å². The largest absolute Gasteiger partial charge is 0.351 e. The molecule has 1 unspecified atom stereocenters. The van der Waals surface area contributed by atoms with E-state index in [9.17, 15) is 4.79 Å². The van der Waals surface area contributed by atoms with E-state index in [1.54, 1.807) is 0 Å². The molecular formula is C10H13BrClNOS. The van der Waals surface area contributed by atoms with E-state index in [1.165, 1.54) is 11.3 Å². The predicted molar refractivity (Wildman–Crippen MR) is 68.9 cm³/mol. The van der Waals surface area contributed by atoms with Crippen molar-refractivity contribution in [2.24, 2.45) is 0 Å². The minimum atomic E-state index is -0.0568. The van der Waals surface area contributed by atoms with Crippen molar-refractivity contribution in [2.75, 3.05) is 6.54 Å². The maximum absolute atomic E-state index is 11.6. The molecule has 84 valence electrons. The molecule has 0 aliphatic carbocycles. The van der Waals surface area contributed by atoms with Crippen LogP contribution in [0.5, 0.6) is 0 Å². The third-order valence-electron chi connectivity index (χ3n) is 1.92. The Bertz CT molecular complexity index is 329. The Balaban J connectivity index is 2.36. The molecule has 1 aromatic rings. The van der Waals surface area contributed by atoms with E-state index >= 15 is 0 Å². The van der Waals surface area contributed by atoms with Crippen molar-refractivity contribution in [3.05, 3.63) is 20.8 Å². The van der Waals surface area contributed by atoms with E-state index in [2.05, 4.69) is 28.2 Å². The zero-order chi connectivity index (χ0) is 11.3. The van der Waals surface area contributed by atoms with Gasteiger partial charge in [0.25, 0.3) is 5.91 Å². The van der Waals surface area contributed by atoms with Crippen LogP contribution >= 0.6 is 38.9 Å². The number of hydrogen-bond acceptors (Lipinski definition) is 2. The van der Waals surface area contributed by atoms with E-state index < -0.39 is 0 Å². The van der Waals surface area contributed by atoms with E-state index in [1.807, 2.05) is 11.4 Å². The van der Waals surface area contributed by atoms with Crippen molar-refractivity contribution in [3.63, 3.8) is 0 Å². The minimum Gasteiger partial charge on any atom is -0.351 e. The number of carbonyl (C=O) groups is 1. The van der Waals surface area contributed by atoms with Crippen molar-refractivity contribution in [1.82, 2.24) is 5.32 Å². The van der Waals surface area contributed by atoms with E-state index in [0.29, 0.717) is 12.1 Å². The molecule has 1 atom stereocenters. The van der Waals surface area contributed by atoms with Gasteiger partial charge in [-0.25, -0.2) is 0 Å². The van der Waals surface area contributed by atoms with Crippen LogP contribution in [0.15, 0.2) is 15.2 Å². The summed E-state index contributed by atoms with van der Waals surface area (Å²) in [5, 5.41) is 4.66. The fraction of sp³-hybridized carbons (Fsp3) is 0.500. The average molecular weight is 311 g/mol. The molecule has 0 bridgehead atoms. The van der Waals surface area contributed by atoms with Gasteiger partial charge in [-0.1, -0.05) is 13.3 Å². The summed E-state index contributed by atoms with van der Waals surface area (Å²) < 4.78 is 0.962. The highest BCUT2D eigenvalue weighted by molar-refractivity contribution is 9.11. The first-order valence-corrected chi connectivity index (χ1v) is 6.90. The summed E-state index contributed by atoms with van der Waals surface area (Å²) in [5.41, 5.74) is 0.687. The maximum atomic E-state index is 11.6. The Morgan fingerprint density at radius 2 is 2.47 bits per heavy atom. The maximum Gasteiger partial charge on any atom is 0.252 e. The minimum absolute atomic E-state index is 0.0287. The number of rotatable bonds is 5. The number of nitrogens with one attached hydrogen (secondary N) is 1. The second-order valence-corrected chi connectivity index (χ2v) is 6.14. The molecule has 0 spiro atoms. The topological polar surface area (TPSA) is 29.1 Å². The number of alkyl halides is 1. The zero-order valence-corrected chi connectivity index (χ0v) is 11.6. The molecule has 0 saturated heterocycles. The fourth-order valence-corrected chi connectivity index (χ4v) is 2.58. The second-order valence-electron chi connectivity index (χ2n) is 3.24. The van der Waals surface area contributed by atoms with Crippen molar-refractivity contribution in [1.29, 1.82) is 0 Å². The summed E-state index contributed by atoms with van der Waals surface area (Å²) >= 11 is 10.8. The summed E-state index contributed by atoms with van der Waals surface area (Å²) in [6.07, 6.45) is 1.96. The lowest BCUT2D eigenvalue weighted by atomic mass is 10.2. The lowest BCUT2D eigenvalue weighted by Gasteiger charge is -2.08. The van der Waals surface area contributed by atoms with Crippen LogP contribution in [0.1, 0.15) is 30.1 Å². The molecule has 15 heavy (non-hydrogen) atoms. The molecular weight excluding hydrogens is 298 g/mol. The lowest BCUT2D eigenvalue weighted by molar-refractivity contribution is 0.0953. The molecule has 0 radical (unpaired) electrons. The van der Waals surface area contributed by atoms with Crippen LogP contribution in [-0.4, -0.2) is 17.8 Å². The van der Waals surface area contributed by atoms with Crippen molar-refractivity contribution < 1.29 is 4.79 Å². The van der Waals surface area contributed by atoms with Crippen LogP contribution in [0.25, 0.3) is 0 Å². The fourth-order valence-electron chi connectivity index (χ4n) is 1.15. The predicted octanol–water partition coefficient (Wildman–Crippen LogP) is 3.65. The SMILES string of the molecule is CCCC(Cl)CNC(=O)c1csc(Br)c1. The van der Waals surface area contributed by atoms with Gasteiger partial charge in [0.15, 0.2) is 0 Å². The quantitative estimate of drug-likeness (QED) is 0.826. The van der Waals surface area contributed by atoms with E-state index in [-0.39, 0.29) is 11.3 Å². The first-order valence-electron chi connectivity index (χ1n) is 4.79. The van der Waals surface area contributed by atoms with Crippen molar-refractivity contribution in [3.8, 4) is 0 Å². The van der Waals surface area contributed by atoms with Crippen LogP contribution in [0.2, 0.25) is 0 Å². The normalized spacial score (nSPS) is 12.5. The monoisotopic (exact) mass is 309 g/mol. The third kappa shape index (κ3) is 4.53. The summed E-state index contributed by atoms with van der Waals surface area (Å²) in [4.78, 5) is 11.6. The number of amides is 1. The van der Waals surface area contributed by atoms with Crippen LogP contribution < -0.4 is 5.32 Å². The van der Waals surface area contributed by atoms with Gasteiger partial charge in [-0.05, 0) is 28.4 Å². The Morgan fingerprint density at radius 3 is 3.00 bits per heavy atom. The first kappa shape index (κ1) is 13.0. The van der Waals surface area contributed by atoms with Crippen molar-refractivity contribution in [2.45, 2.75) is 25.1 Å². The van der Waals surface area contributed by atoms with Gasteiger partial charge in [0.2, 0.25) is 0 Å². The standard InChI is InChI=1S/C10H13BrClNOS/c1-2-3-8(12)5-13-10(14)7-4-9(11)15-6-7/h4,6,8H,2-3,5H2,1H3,(H,13,14). The summed E-state index contributed by atoms with van der Waals surface area (Å²) in [7, 11) is 0. The van der Waals surface area contributed by atoms with Gasteiger partial charge in [-0.2, -0.15) is 0 Å². The molecule has 1 aromatic heterocycles. The summed E-state index contributed by atoms with van der Waals surface area (Å²) in [6.45, 7) is 2.61. The summed E-state index contributed by atoms with van der Waals surface area (Å²) in [5.74, 6) is -0.0568. The highest BCUT2D eigenvalue weighted by atomic mass is 79.9. The molecule has 0 saturated carbocycles. The molecule has 0 aromatic carbocycles. The molecule has 0 aliphatic rings. The van der Waals surface area contributed by atoms with Gasteiger partial charge in [0.1, 0.15) is 0 Å². The molecule has 1 N–H and O–H groups in total. The van der Waals surface area contributed by atoms with E-state index in [4.69, 9.17) is 11.6 Å². The smallest absolute Gasteiger partial charge is 0.252 e. The highest BCUT2D eigenvalue weighted by Gasteiger charge is 2.09. The first-order chi connectivity index (χ1) is 7.13. The molecule has 1 heterocycles. The van der Waals surface area contributed by atoms with Gasteiger partial charge in [0, 0.05) is 11.9 Å². The molecule has 5 heteroatoms. The van der Waals surface area contributed by atoms with Crippen molar-refractivity contribution >= 4 is 44.8 Å². The molecule has 2 nitrogen and oxygen atoms in total. The second kappa shape index (κ2) is 6.51. The van der Waals surface area contributed by atoms with Crippen LogP contribution in [0.4, 0.5) is 0 Å². The lowest BCUT2D eigenvalue weighted by Crippen LogP contribution is -2.29. The number of halogens is 2. The van der Waals surface area contributed by atoms with Crippen LogP contribution in [0, 0.1) is 0 Å². The van der Waals surface area contributed by atoms with E-state index in [0.717, 1.165) is 16.6 Å². The molecule has 0 fully saturated rings. The number of thiophene rings is 1. The van der Waals surface area contributed by atoms with Gasteiger partial charge in [-0.15, -0.1) is 22.9 Å². The number of carbonyl (C=O) groups excluding carboxylic acids is 1. The average Bonchev–Trinajstić information content (AvgIpc) is 2.62. The Kier molecular flexibility index (Phi) is 5.64. The van der Waals surface area contributed by atoms with Gasteiger partial charge >= 0.3 is 0 Å². The molecule has 1 amide bonds.